The molecule has 27 heavy (non-hydrogen) atoms. The summed E-state index contributed by atoms with van der Waals surface area (Å²) in [6.45, 7) is 7.37. The summed E-state index contributed by atoms with van der Waals surface area (Å²) in [5, 5.41) is 0. The van der Waals surface area contributed by atoms with Gasteiger partial charge in [0.25, 0.3) is 5.91 Å². The molecule has 0 bridgehead atoms. The van der Waals surface area contributed by atoms with E-state index in [2.05, 4.69) is 59.5 Å². The molecule has 6 heteroatoms. The van der Waals surface area contributed by atoms with Crippen LogP contribution in [-0.2, 0) is 0 Å². The zero-order valence-electron chi connectivity index (χ0n) is 16.2. The van der Waals surface area contributed by atoms with Crippen molar-refractivity contribution >= 4 is 34.2 Å². The largest absolute Gasteiger partial charge is 0.493 e. The number of rotatable bonds is 4. The molecule has 0 aromatic heterocycles. The lowest BCUT2D eigenvalue weighted by molar-refractivity contribution is 0.0745. The third-order valence-electron chi connectivity index (χ3n) is 5.19. The molecule has 2 aromatic carbocycles. The van der Waals surface area contributed by atoms with Gasteiger partial charge in [-0.05, 0) is 65.8 Å². The van der Waals surface area contributed by atoms with Crippen LogP contribution in [0, 0.1) is 17.4 Å². The van der Waals surface area contributed by atoms with Crippen LogP contribution in [-0.4, -0.2) is 51.2 Å². The summed E-state index contributed by atoms with van der Waals surface area (Å²) in [5.74, 6) is 1.26. The number of anilines is 1. The van der Waals surface area contributed by atoms with Crippen molar-refractivity contribution in [2.75, 3.05) is 45.3 Å². The molecule has 0 spiro atoms. The van der Waals surface area contributed by atoms with E-state index in [1.165, 1.54) is 16.8 Å². The van der Waals surface area contributed by atoms with Crippen LogP contribution in [0.5, 0.6) is 11.5 Å². The predicted octanol–water partition coefficient (Wildman–Crippen LogP) is 3.89. The Morgan fingerprint density at radius 1 is 1.00 bits per heavy atom. The fourth-order valence-corrected chi connectivity index (χ4v) is 4.09. The second kappa shape index (κ2) is 8.37. The number of carbonyl (C=O) groups is 1. The van der Waals surface area contributed by atoms with Gasteiger partial charge in [-0.2, -0.15) is 0 Å². The molecule has 0 atom stereocenters. The quantitative estimate of drug-likeness (QED) is 0.623. The normalized spacial score (nSPS) is 14.3. The number of benzene rings is 2. The molecular weight excluding hydrogens is 455 g/mol. The molecule has 144 valence electrons. The van der Waals surface area contributed by atoms with Crippen LogP contribution in [0.2, 0.25) is 0 Å². The summed E-state index contributed by atoms with van der Waals surface area (Å²) >= 11 is 2.18. The number of aryl methyl sites for hydroxylation is 1. The molecule has 2 aromatic rings. The molecular formula is C21H25IN2O3. The molecule has 5 nitrogen and oxygen atoms in total. The summed E-state index contributed by atoms with van der Waals surface area (Å²) in [6, 6.07) is 10.0. The maximum atomic E-state index is 13.1. The molecule has 1 heterocycles. The number of hydrogen-bond acceptors (Lipinski definition) is 4. The van der Waals surface area contributed by atoms with Crippen molar-refractivity contribution in [3.05, 3.63) is 50.6 Å². The summed E-state index contributed by atoms with van der Waals surface area (Å²) in [7, 11) is 3.18. The first-order valence-corrected chi connectivity index (χ1v) is 10.1. The Kier molecular flexibility index (Phi) is 6.14. The summed E-state index contributed by atoms with van der Waals surface area (Å²) in [5.41, 5.74) is 4.54. The summed E-state index contributed by atoms with van der Waals surface area (Å²) in [6.07, 6.45) is 0. The average molecular weight is 480 g/mol. The van der Waals surface area contributed by atoms with Crippen molar-refractivity contribution in [1.29, 1.82) is 0 Å². The van der Waals surface area contributed by atoms with Gasteiger partial charge in [0.05, 0.1) is 19.8 Å². The first-order chi connectivity index (χ1) is 13.0. The van der Waals surface area contributed by atoms with Gasteiger partial charge in [-0.1, -0.05) is 12.1 Å². The van der Waals surface area contributed by atoms with Gasteiger partial charge in [-0.3, -0.25) is 4.79 Å². The molecule has 0 aliphatic carbocycles. The van der Waals surface area contributed by atoms with Crippen LogP contribution in [0.4, 0.5) is 5.69 Å². The lowest BCUT2D eigenvalue weighted by Gasteiger charge is -2.37. The Labute approximate surface area is 174 Å². The van der Waals surface area contributed by atoms with Crippen LogP contribution >= 0.6 is 22.6 Å². The third kappa shape index (κ3) is 4.00. The maximum Gasteiger partial charge on any atom is 0.255 e. The second-order valence-electron chi connectivity index (χ2n) is 6.69. The minimum atomic E-state index is 0.0426. The summed E-state index contributed by atoms with van der Waals surface area (Å²) < 4.78 is 11.5. The number of piperazine rings is 1. The lowest BCUT2D eigenvalue weighted by Crippen LogP contribution is -2.49. The van der Waals surface area contributed by atoms with Crippen molar-refractivity contribution in [2.45, 2.75) is 13.8 Å². The molecule has 1 fully saturated rings. The van der Waals surface area contributed by atoms with Gasteiger partial charge < -0.3 is 19.3 Å². The molecule has 0 radical (unpaired) electrons. The highest BCUT2D eigenvalue weighted by Gasteiger charge is 2.25. The topological polar surface area (TPSA) is 42.0 Å². The van der Waals surface area contributed by atoms with Gasteiger partial charge in [-0.25, -0.2) is 0 Å². The van der Waals surface area contributed by atoms with E-state index in [1.54, 1.807) is 20.3 Å². The van der Waals surface area contributed by atoms with Gasteiger partial charge in [0, 0.05) is 35.4 Å². The Balaban J connectivity index is 1.75. The molecule has 3 rings (SSSR count). The predicted molar refractivity (Wildman–Crippen MR) is 116 cm³/mol. The number of ether oxygens (including phenoxy) is 2. The standard InChI is InChI=1S/C21H25IN2O3/c1-14-6-5-7-18(15(14)2)23-8-10-24(11-9-23)21(25)16-12-19(26-3)20(27-4)13-17(16)22/h5-7,12-13H,8-11H2,1-4H3. The Morgan fingerprint density at radius 2 is 1.63 bits per heavy atom. The van der Waals surface area contributed by atoms with Gasteiger partial charge in [0.15, 0.2) is 11.5 Å². The highest BCUT2D eigenvalue weighted by atomic mass is 127. The zero-order chi connectivity index (χ0) is 19.6. The Hall–Kier alpha value is -1.96. The zero-order valence-corrected chi connectivity index (χ0v) is 18.4. The van der Waals surface area contributed by atoms with Gasteiger partial charge in [0.2, 0.25) is 0 Å². The molecule has 0 N–H and O–H groups in total. The van der Waals surface area contributed by atoms with Crippen LogP contribution in [0.25, 0.3) is 0 Å². The Morgan fingerprint density at radius 3 is 2.26 bits per heavy atom. The number of amides is 1. The number of hydrogen-bond donors (Lipinski definition) is 0. The van der Waals surface area contributed by atoms with Gasteiger partial charge >= 0.3 is 0 Å². The van der Waals surface area contributed by atoms with Crippen LogP contribution in [0.15, 0.2) is 30.3 Å². The lowest BCUT2D eigenvalue weighted by atomic mass is 10.1. The molecule has 1 saturated heterocycles. The van der Waals surface area contributed by atoms with E-state index in [0.29, 0.717) is 30.2 Å². The number of methoxy groups -OCH3 is 2. The Bertz CT molecular complexity index is 846. The average Bonchev–Trinajstić information content (AvgIpc) is 2.69. The van der Waals surface area contributed by atoms with Crippen LogP contribution in [0.3, 0.4) is 0 Å². The van der Waals surface area contributed by atoms with E-state index in [1.807, 2.05) is 11.0 Å². The molecule has 0 unspecified atom stereocenters. The van der Waals surface area contributed by atoms with Crippen molar-refractivity contribution in [2.24, 2.45) is 0 Å². The van der Waals surface area contributed by atoms with Crippen molar-refractivity contribution in [3.8, 4) is 11.5 Å². The molecule has 0 saturated carbocycles. The van der Waals surface area contributed by atoms with E-state index in [-0.39, 0.29) is 5.91 Å². The number of carbonyl (C=O) groups excluding carboxylic acids is 1. The van der Waals surface area contributed by atoms with Crippen molar-refractivity contribution in [3.63, 3.8) is 0 Å². The fraction of sp³-hybridized carbons (Fsp3) is 0.381. The SMILES string of the molecule is COc1cc(I)c(C(=O)N2CCN(c3cccc(C)c3C)CC2)cc1OC. The molecule has 1 aliphatic rings. The molecule has 1 amide bonds. The monoisotopic (exact) mass is 480 g/mol. The summed E-state index contributed by atoms with van der Waals surface area (Å²) in [4.78, 5) is 17.3. The van der Waals surface area contributed by atoms with Crippen LogP contribution in [0.1, 0.15) is 21.5 Å². The first-order valence-electron chi connectivity index (χ1n) is 8.98. The smallest absolute Gasteiger partial charge is 0.255 e. The van der Waals surface area contributed by atoms with Crippen molar-refractivity contribution in [1.82, 2.24) is 4.90 Å². The second-order valence-corrected chi connectivity index (χ2v) is 7.85. The third-order valence-corrected chi connectivity index (χ3v) is 6.08. The van der Waals surface area contributed by atoms with Gasteiger partial charge in [0.1, 0.15) is 0 Å². The van der Waals surface area contributed by atoms with E-state index >= 15 is 0 Å². The van der Waals surface area contributed by atoms with E-state index in [0.717, 1.165) is 16.7 Å². The minimum Gasteiger partial charge on any atom is -0.493 e. The van der Waals surface area contributed by atoms with Crippen LogP contribution < -0.4 is 14.4 Å². The fourth-order valence-electron chi connectivity index (χ4n) is 3.42. The van der Waals surface area contributed by atoms with Crippen molar-refractivity contribution < 1.29 is 14.3 Å². The maximum absolute atomic E-state index is 13.1. The van der Waals surface area contributed by atoms with E-state index in [9.17, 15) is 4.79 Å². The first kappa shape index (κ1) is 19.8. The number of halogens is 1. The highest BCUT2D eigenvalue weighted by Crippen LogP contribution is 2.32. The van der Waals surface area contributed by atoms with E-state index < -0.39 is 0 Å². The minimum absolute atomic E-state index is 0.0426. The van der Waals surface area contributed by atoms with E-state index in [4.69, 9.17) is 9.47 Å². The number of nitrogens with zero attached hydrogens (tertiary/aromatic N) is 2. The van der Waals surface area contributed by atoms with Gasteiger partial charge in [-0.15, -0.1) is 0 Å². The highest BCUT2D eigenvalue weighted by molar-refractivity contribution is 14.1. The molecule has 1 aliphatic heterocycles.